The van der Waals surface area contributed by atoms with Crippen molar-refractivity contribution in [2.75, 3.05) is 32.8 Å². The van der Waals surface area contributed by atoms with Crippen molar-refractivity contribution >= 4 is 6.09 Å². The van der Waals surface area contributed by atoms with Crippen LogP contribution in [0.5, 0.6) is 0 Å². The second kappa shape index (κ2) is 4.06. The standard InChI is InChI=1S/C12H21FN2O3/c1-10(2,3)18-9(17)15-6-11(7-15)4-14-5-12(11,13)8-16/h14,16H,4-8H2,1-3H3/t12-/m0/s1. The van der Waals surface area contributed by atoms with Gasteiger partial charge in [-0.25, -0.2) is 9.18 Å². The van der Waals surface area contributed by atoms with Crippen LogP contribution in [-0.4, -0.2) is 60.2 Å². The van der Waals surface area contributed by atoms with Gasteiger partial charge in [-0.15, -0.1) is 0 Å². The lowest BCUT2D eigenvalue weighted by molar-refractivity contribution is -0.105. The van der Waals surface area contributed by atoms with Gasteiger partial charge in [-0.1, -0.05) is 0 Å². The summed E-state index contributed by atoms with van der Waals surface area (Å²) in [6.07, 6.45) is -0.416. The number of halogens is 1. The largest absolute Gasteiger partial charge is 0.444 e. The van der Waals surface area contributed by atoms with E-state index in [1.165, 1.54) is 4.90 Å². The Hall–Kier alpha value is -0.880. The van der Waals surface area contributed by atoms with E-state index in [9.17, 15) is 14.3 Å². The number of alkyl halides is 1. The molecule has 6 heteroatoms. The van der Waals surface area contributed by atoms with Crippen LogP contribution in [0.4, 0.5) is 9.18 Å². The molecule has 0 saturated carbocycles. The summed E-state index contributed by atoms with van der Waals surface area (Å²) in [5, 5.41) is 12.1. The highest BCUT2D eigenvalue weighted by atomic mass is 19.1. The van der Waals surface area contributed by atoms with E-state index in [2.05, 4.69) is 5.32 Å². The Labute approximate surface area is 106 Å². The summed E-state index contributed by atoms with van der Waals surface area (Å²) in [7, 11) is 0. The number of carbonyl (C=O) groups is 1. The van der Waals surface area contributed by atoms with Crippen molar-refractivity contribution in [3.8, 4) is 0 Å². The maximum Gasteiger partial charge on any atom is 0.410 e. The van der Waals surface area contributed by atoms with E-state index < -0.39 is 29.4 Å². The van der Waals surface area contributed by atoms with Crippen LogP contribution in [0.25, 0.3) is 0 Å². The van der Waals surface area contributed by atoms with E-state index in [1.54, 1.807) is 20.8 Å². The monoisotopic (exact) mass is 260 g/mol. The maximum atomic E-state index is 14.4. The SMILES string of the molecule is CC(C)(C)OC(=O)N1CC2(CNC[C@]2(F)CO)C1. The van der Waals surface area contributed by atoms with Crippen molar-refractivity contribution in [3.63, 3.8) is 0 Å². The Morgan fingerprint density at radius 1 is 1.44 bits per heavy atom. The summed E-state index contributed by atoms with van der Waals surface area (Å²) in [5.74, 6) is 0. The van der Waals surface area contributed by atoms with Crippen LogP contribution >= 0.6 is 0 Å². The summed E-state index contributed by atoms with van der Waals surface area (Å²) in [5.41, 5.74) is -2.83. The van der Waals surface area contributed by atoms with Gasteiger partial charge in [-0.2, -0.15) is 0 Å². The van der Waals surface area contributed by atoms with Gasteiger partial charge >= 0.3 is 6.09 Å². The van der Waals surface area contributed by atoms with E-state index in [0.717, 1.165) is 0 Å². The molecule has 0 aliphatic carbocycles. The number of amides is 1. The maximum absolute atomic E-state index is 14.4. The van der Waals surface area contributed by atoms with Crippen LogP contribution in [0.3, 0.4) is 0 Å². The number of hydrogen-bond acceptors (Lipinski definition) is 4. The lowest BCUT2D eigenvalue weighted by atomic mass is 9.70. The summed E-state index contributed by atoms with van der Waals surface area (Å²) >= 11 is 0. The average Bonchev–Trinajstić information content (AvgIpc) is 2.51. The van der Waals surface area contributed by atoms with Crippen molar-refractivity contribution in [2.24, 2.45) is 5.41 Å². The normalized spacial score (nSPS) is 30.4. The summed E-state index contributed by atoms with van der Waals surface area (Å²) in [6.45, 7) is 6.11. The molecule has 2 rings (SSSR count). The zero-order valence-electron chi connectivity index (χ0n) is 11.1. The summed E-state index contributed by atoms with van der Waals surface area (Å²) in [6, 6.07) is 0. The van der Waals surface area contributed by atoms with Gasteiger partial charge in [0.05, 0.1) is 12.0 Å². The molecule has 2 heterocycles. The minimum Gasteiger partial charge on any atom is -0.444 e. The molecule has 0 bridgehead atoms. The van der Waals surface area contributed by atoms with E-state index >= 15 is 0 Å². The van der Waals surface area contributed by atoms with Gasteiger partial charge in [0.15, 0.2) is 5.67 Å². The number of hydrogen-bond donors (Lipinski definition) is 2. The van der Waals surface area contributed by atoms with Crippen LogP contribution in [0.15, 0.2) is 0 Å². The molecule has 0 aromatic carbocycles. The molecule has 2 fully saturated rings. The minimum atomic E-state index is -1.63. The third kappa shape index (κ3) is 2.07. The molecule has 104 valence electrons. The van der Waals surface area contributed by atoms with Crippen molar-refractivity contribution < 1.29 is 19.0 Å². The molecule has 1 spiro atoms. The molecule has 0 unspecified atom stereocenters. The quantitative estimate of drug-likeness (QED) is 0.722. The van der Waals surface area contributed by atoms with Crippen LogP contribution < -0.4 is 5.32 Å². The Kier molecular flexibility index (Phi) is 3.06. The van der Waals surface area contributed by atoms with Crippen LogP contribution in [0.1, 0.15) is 20.8 Å². The number of aliphatic hydroxyl groups is 1. The van der Waals surface area contributed by atoms with Gasteiger partial charge in [-0.05, 0) is 20.8 Å². The molecule has 2 aliphatic rings. The number of ether oxygens (including phenoxy) is 1. The first-order chi connectivity index (χ1) is 8.21. The highest BCUT2D eigenvalue weighted by Gasteiger charge is 2.63. The topological polar surface area (TPSA) is 61.8 Å². The Bertz CT molecular complexity index is 350. The van der Waals surface area contributed by atoms with Crippen LogP contribution in [-0.2, 0) is 4.74 Å². The summed E-state index contributed by atoms with van der Waals surface area (Å²) in [4.78, 5) is 13.3. The third-order valence-corrected chi connectivity index (χ3v) is 3.71. The molecule has 1 atom stereocenters. The van der Waals surface area contributed by atoms with Crippen molar-refractivity contribution in [2.45, 2.75) is 32.0 Å². The smallest absolute Gasteiger partial charge is 0.410 e. The fraction of sp³-hybridized carbons (Fsp3) is 0.917. The minimum absolute atomic E-state index is 0.145. The number of nitrogens with zero attached hydrogens (tertiary/aromatic N) is 1. The first-order valence-corrected chi connectivity index (χ1v) is 6.20. The van der Waals surface area contributed by atoms with Crippen LogP contribution in [0.2, 0.25) is 0 Å². The second-order valence-corrected chi connectivity index (χ2v) is 6.34. The van der Waals surface area contributed by atoms with Gasteiger partial charge in [0.25, 0.3) is 0 Å². The zero-order valence-corrected chi connectivity index (χ0v) is 11.1. The molecule has 2 aliphatic heterocycles. The number of carbonyl (C=O) groups excluding carboxylic acids is 1. The van der Waals surface area contributed by atoms with E-state index in [0.29, 0.717) is 19.6 Å². The van der Waals surface area contributed by atoms with E-state index in [4.69, 9.17) is 4.74 Å². The predicted octanol–water partition coefficient (Wildman–Crippen LogP) is 0.527. The average molecular weight is 260 g/mol. The highest BCUT2D eigenvalue weighted by Crippen LogP contribution is 2.46. The van der Waals surface area contributed by atoms with Gasteiger partial charge in [0, 0.05) is 26.2 Å². The van der Waals surface area contributed by atoms with Crippen molar-refractivity contribution in [3.05, 3.63) is 0 Å². The molecule has 5 nitrogen and oxygen atoms in total. The first-order valence-electron chi connectivity index (χ1n) is 6.20. The van der Waals surface area contributed by atoms with E-state index in [-0.39, 0.29) is 6.54 Å². The number of rotatable bonds is 1. The van der Waals surface area contributed by atoms with Gasteiger partial charge in [0.1, 0.15) is 5.60 Å². The van der Waals surface area contributed by atoms with Gasteiger partial charge < -0.3 is 20.1 Å². The van der Waals surface area contributed by atoms with Crippen LogP contribution in [0, 0.1) is 5.41 Å². The molecule has 0 aromatic rings. The fourth-order valence-electron chi connectivity index (χ4n) is 2.60. The molecular weight excluding hydrogens is 239 g/mol. The molecule has 2 saturated heterocycles. The molecular formula is C12H21FN2O3. The lowest BCUT2D eigenvalue weighted by Crippen LogP contribution is -2.68. The number of nitrogens with one attached hydrogen (secondary N) is 1. The molecule has 1 amide bonds. The third-order valence-electron chi connectivity index (χ3n) is 3.71. The molecule has 0 radical (unpaired) electrons. The zero-order chi connectivity index (χ0) is 13.6. The molecule has 18 heavy (non-hydrogen) atoms. The highest BCUT2D eigenvalue weighted by molar-refractivity contribution is 5.69. The molecule has 0 aromatic heterocycles. The number of aliphatic hydroxyl groups excluding tert-OH is 1. The van der Waals surface area contributed by atoms with Gasteiger partial charge in [-0.3, -0.25) is 0 Å². The van der Waals surface area contributed by atoms with Gasteiger partial charge in [0.2, 0.25) is 0 Å². The second-order valence-electron chi connectivity index (χ2n) is 6.34. The Balaban J connectivity index is 1.96. The Morgan fingerprint density at radius 3 is 2.56 bits per heavy atom. The van der Waals surface area contributed by atoms with Crippen molar-refractivity contribution in [1.29, 1.82) is 0 Å². The van der Waals surface area contributed by atoms with E-state index in [1.807, 2.05) is 0 Å². The lowest BCUT2D eigenvalue weighted by Gasteiger charge is -2.52. The predicted molar refractivity (Wildman–Crippen MR) is 64.0 cm³/mol. The fourth-order valence-corrected chi connectivity index (χ4v) is 2.60. The first kappa shape index (κ1) is 13.5. The molecule has 2 N–H and O–H groups in total. The van der Waals surface area contributed by atoms with Crippen molar-refractivity contribution in [1.82, 2.24) is 10.2 Å². The number of likely N-dealkylation sites (tertiary alicyclic amines) is 1. The Morgan fingerprint density at radius 2 is 2.06 bits per heavy atom. The summed E-state index contributed by atoms with van der Waals surface area (Å²) < 4.78 is 19.7.